The van der Waals surface area contributed by atoms with Crippen LogP contribution >= 0.6 is 11.8 Å². The van der Waals surface area contributed by atoms with Crippen LogP contribution in [0.3, 0.4) is 0 Å². The number of hydrogen-bond acceptors (Lipinski definition) is 3. The van der Waals surface area contributed by atoms with Crippen molar-refractivity contribution in [2.75, 3.05) is 6.26 Å². The van der Waals surface area contributed by atoms with Crippen LogP contribution in [-0.2, 0) is 0 Å². The summed E-state index contributed by atoms with van der Waals surface area (Å²) in [7, 11) is 0. The zero-order chi connectivity index (χ0) is 12.1. The summed E-state index contributed by atoms with van der Waals surface area (Å²) in [6.45, 7) is 0. The highest BCUT2D eigenvalue weighted by atomic mass is 32.2. The number of thioether (sulfide) groups is 1. The Bertz CT molecular complexity index is 389. The highest BCUT2D eigenvalue weighted by molar-refractivity contribution is 7.98. The summed E-state index contributed by atoms with van der Waals surface area (Å²) in [6, 6.07) is 3.99. The molecule has 1 amide bonds. The molecule has 3 nitrogen and oxygen atoms in total. The number of pyridine rings is 1. The fraction of sp³-hybridized carbons (Fsp3) is 0.538. The van der Waals surface area contributed by atoms with E-state index in [1.54, 1.807) is 24.0 Å². The van der Waals surface area contributed by atoms with E-state index in [-0.39, 0.29) is 5.91 Å². The van der Waals surface area contributed by atoms with Gasteiger partial charge in [-0.3, -0.25) is 4.79 Å². The molecule has 1 fully saturated rings. The summed E-state index contributed by atoms with van der Waals surface area (Å²) < 4.78 is 0. The molecule has 1 saturated carbocycles. The normalized spacial score (nSPS) is 16.8. The Morgan fingerprint density at radius 3 is 2.88 bits per heavy atom. The second kappa shape index (κ2) is 6.05. The zero-order valence-electron chi connectivity index (χ0n) is 10.1. The maximum atomic E-state index is 12.0. The highest BCUT2D eigenvalue weighted by Crippen LogP contribution is 2.18. The van der Waals surface area contributed by atoms with Crippen LogP contribution in [0.4, 0.5) is 0 Å². The molecule has 1 aromatic heterocycles. The van der Waals surface area contributed by atoms with E-state index in [1.807, 2.05) is 12.3 Å². The molecule has 2 rings (SSSR count). The van der Waals surface area contributed by atoms with Crippen LogP contribution in [0.2, 0.25) is 0 Å². The SMILES string of the molecule is CSc1cc(C(=O)NC2CCCCC2)ccn1. The molecule has 0 unspecified atom stereocenters. The molecule has 1 aliphatic rings. The maximum Gasteiger partial charge on any atom is 0.251 e. The van der Waals surface area contributed by atoms with Crippen LogP contribution in [0.1, 0.15) is 42.5 Å². The third-order valence-corrected chi connectivity index (χ3v) is 3.79. The number of hydrogen-bond donors (Lipinski definition) is 1. The summed E-state index contributed by atoms with van der Waals surface area (Å²) in [4.78, 5) is 16.2. The van der Waals surface area contributed by atoms with Gasteiger partial charge in [0.05, 0.1) is 5.03 Å². The van der Waals surface area contributed by atoms with Gasteiger partial charge < -0.3 is 5.32 Å². The first-order chi connectivity index (χ1) is 8.29. The fourth-order valence-corrected chi connectivity index (χ4v) is 2.59. The Hall–Kier alpha value is -1.03. The first-order valence-electron chi connectivity index (χ1n) is 6.10. The van der Waals surface area contributed by atoms with Gasteiger partial charge in [0, 0.05) is 17.8 Å². The number of nitrogens with one attached hydrogen (secondary N) is 1. The van der Waals surface area contributed by atoms with Crippen molar-refractivity contribution in [1.29, 1.82) is 0 Å². The van der Waals surface area contributed by atoms with Crippen molar-refractivity contribution >= 4 is 17.7 Å². The lowest BCUT2D eigenvalue weighted by atomic mass is 9.95. The van der Waals surface area contributed by atoms with Crippen molar-refractivity contribution in [2.45, 2.75) is 43.2 Å². The van der Waals surface area contributed by atoms with Crippen LogP contribution in [0.25, 0.3) is 0 Å². The number of aromatic nitrogens is 1. The van der Waals surface area contributed by atoms with Gasteiger partial charge in [0.25, 0.3) is 5.91 Å². The van der Waals surface area contributed by atoms with E-state index in [1.165, 1.54) is 19.3 Å². The molecule has 0 atom stereocenters. The van der Waals surface area contributed by atoms with Crippen molar-refractivity contribution in [2.24, 2.45) is 0 Å². The van der Waals surface area contributed by atoms with Gasteiger partial charge in [0.2, 0.25) is 0 Å². The zero-order valence-corrected chi connectivity index (χ0v) is 10.9. The summed E-state index contributed by atoms with van der Waals surface area (Å²) in [5, 5.41) is 4.00. The highest BCUT2D eigenvalue weighted by Gasteiger charge is 2.16. The third-order valence-electron chi connectivity index (χ3n) is 3.15. The van der Waals surface area contributed by atoms with Crippen LogP contribution in [0.5, 0.6) is 0 Å². The molecule has 0 saturated heterocycles. The number of carbonyl (C=O) groups is 1. The Labute approximate surface area is 106 Å². The van der Waals surface area contributed by atoms with Gasteiger partial charge in [0.15, 0.2) is 0 Å². The van der Waals surface area contributed by atoms with Gasteiger partial charge in [0.1, 0.15) is 0 Å². The molecule has 0 aromatic carbocycles. The maximum absolute atomic E-state index is 12.0. The predicted octanol–water partition coefficient (Wildman–Crippen LogP) is 2.87. The Morgan fingerprint density at radius 1 is 1.41 bits per heavy atom. The Morgan fingerprint density at radius 2 is 2.18 bits per heavy atom. The van der Waals surface area contributed by atoms with Crippen molar-refractivity contribution in [3.63, 3.8) is 0 Å². The second-order valence-corrected chi connectivity index (χ2v) is 5.22. The van der Waals surface area contributed by atoms with Crippen molar-refractivity contribution in [3.05, 3.63) is 23.9 Å². The molecule has 1 N–H and O–H groups in total. The molecule has 1 heterocycles. The summed E-state index contributed by atoms with van der Waals surface area (Å²) >= 11 is 1.56. The number of amides is 1. The first-order valence-corrected chi connectivity index (χ1v) is 7.33. The summed E-state index contributed by atoms with van der Waals surface area (Å²) in [6.07, 6.45) is 9.66. The Balaban J connectivity index is 1.98. The average Bonchev–Trinajstić information content (AvgIpc) is 2.40. The van der Waals surface area contributed by atoms with Crippen LogP contribution in [0.15, 0.2) is 23.4 Å². The largest absolute Gasteiger partial charge is 0.349 e. The van der Waals surface area contributed by atoms with Crippen molar-refractivity contribution < 1.29 is 4.79 Å². The quantitative estimate of drug-likeness (QED) is 0.839. The third kappa shape index (κ3) is 3.46. The van der Waals surface area contributed by atoms with Crippen LogP contribution in [-0.4, -0.2) is 23.2 Å². The van der Waals surface area contributed by atoms with Gasteiger partial charge in [-0.25, -0.2) is 4.98 Å². The molecule has 4 heteroatoms. The smallest absolute Gasteiger partial charge is 0.251 e. The number of nitrogens with zero attached hydrogens (tertiary/aromatic N) is 1. The molecular weight excluding hydrogens is 232 g/mol. The minimum Gasteiger partial charge on any atom is -0.349 e. The second-order valence-electron chi connectivity index (χ2n) is 4.40. The monoisotopic (exact) mass is 250 g/mol. The van der Waals surface area contributed by atoms with Gasteiger partial charge >= 0.3 is 0 Å². The van der Waals surface area contributed by atoms with E-state index >= 15 is 0 Å². The number of rotatable bonds is 3. The molecule has 1 aliphatic carbocycles. The summed E-state index contributed by atoms with van der Waals surface area (Å²) in [5.41, 5.74) is 0.718. The van der Waals surface area contributed by atoms with E-state index in [0.717, 1.165) is 23.4 Å². The Kier molecular flexibility index (Phi) is 4.42. The lowest BCUT2D eigenvalue weighted by Gasteiger charge is -2.22. The minimum atomic E-state index is 0.0367. The molecule has 0 radical (unpaired) electrons. The lowest BCUT2D eigenvalue weighted by molar-refractivity contribution is 0.0927. The molecule has 17 heavy (non-hydrogen) atoms. The van der Waals surface area contributed by atoms with E-state index in [0.29, 0.717) is 6.04 Å². The van der Waals surface area contributed by atoms with Gasteiger partial charge in [-0.1, -0.05) is 19.3 Å². The number of carbonyl (C=O) groups excluding carboxylic acids is 1. The van der Waals surface area contributed by atoms with E-state index in [9.17, 15) is 4.79 Å². The fourth-order valence-electron chi connectivity index (χ4n) is 2.18. The van der Waals surface area contributed by atoms with E-state index in [2.05, 4.69) is 10.3 Å². The van der Waals surface area contributed by atoms with Gasteiger partial charge in [-0.2, -0.15) is 0 Å². The summed E-state index contributed by atoms with van der Waals surface area (Å²) in [5.74, 6) is 0.0367. The standard InChI is InChI=1S/C13H18N2OS/c1-17-12-9-10(7-8-14-12)13(16)15-11-5-3-2-4-6-11/h7-9,11H,2-6H2,1H3,(H,15,16). The topological polar surface area (TPSA) is 42.0 Å². The molecule has 0 bridgehead atoms. The average molecular weight is 250 g/mol. The molecule has 0 aliphatic heterocycles. The first kappa shape index (κ1) is 12.4. The predicted molar refractivity (Wildman–Crippen MR) is 70.4 cm³/mol. The van der Waals surface area contributed by atoms with Gasteiger partial charge in [-0.05, 0) is 31.2 Å². The molecule has 0 spiro atoms. The van der Waals surface area contributed by atoms with E-state index in [4.69, 9.17) is 0 Å². The lowest BCUT2D eigenvalue weighted by Crippen LogP contribution is -2.36. The molecular formula is C13H18N2OS. The molecule has 1 aromatic rings. The van der Waals surface area contributed by atoms with Crippen molar-refractivity contribution in [1.82, 2.24) is 10.3 Å². The van der Waals surface area contributed by atoms with E-state index < -0.39 is 0 Å². The van der Waals surface area contributed by atoms with Crippen molar-refractivity contribution in [3.8, 4) is 0 Å². The van der Waals surface area contributed by atoms with Crippen LogP contribution in [0, 0.1) is 0 Å². The minimum absolute atomic E-state index is 0.0367. The van der Waals surface area contributed by atoms with Crippen LogP contribution < -0.4 is 5.32 Å². The van der Waals surface area contributed by atoms with Gasteiger partial charge in [-0.15, -0.1) is 11.8 Å². The molecule has 92 valence electrons.